The number of hydrogen-bond donors (Lipinski definition) is 6. The zero-order valence-electron chi connectivity index (χ0n) is 35.2. The molecule has 0 saturated carbocycles. The van der Waals surface area contributed by atoms with Crippen molar-refractivity contribution in [3.05, 3.63) is 5.73 Å². The van der Waals surface area contributed by atoms with Gasteiger partial charge in [0.05, 0.1) is 0 Å². The molecule has 0 aromatic rings. The Hall–Kier alpha value is -4.56. The number of carbonyl (C=O) groups excluding carboxylic acids is 12. The topological polar surface area (TPSA) is 672 Å². The van der Waals surface area contributed by atoms with Gasteiger partial charge in [0, 0.05) is 164 Å². The molecule has 15 N–H and O–H groups in total. The van der Waals surface area contributed by atoms with Gasteiger partial charge in [-0.05, 0) is 32.1 Å². The summed E-state index contributed by atoms with van der Waals surface area (Å²) in [5.74, 6) is -20.6. The smallest absolute Gasteiger partial charge is 0.671 e. The molecule has 4 radical (unpaired) electrons. The van der Waals surface area contributed by atoms with Gasteiger partial charge in [-0.25, -0.2) is 0 Å². The molecule has 0 aliphatic heterocycles. The minimum absolute atomic E-state index is 0. The first-order chi connectivity index (χ1) is 28.1. The molecule has 388 valence electrons. The molecular weight excluding hydrogens is 1100 g/mol. The first-order valence-corrected chi connectivity index (χ1v) is 17.2. The van der Waals surface area contributed by atoms with Gasteiger partial charge in [-0.15, -0.1) is 5.54 Å². The Balaban J connectivity index is -0.000000128. The number of carboxylic acid groups (broad SMARTS) is 12. The quantitative estimate of drug-likeness (QED) is 0.0364. The first kappa shape index (κ1) is 80.5. The maximum absolute atomic E-state index is 10.6. The third-order valence-electron chi connectivity index (χ3n) is 8.03. The minimum Gasteiger partial charge on any atom is -0.671 e. The van der Waals surface area contributed by atoms with E-state index in [4.69, 9.17) is 34.4 Å². The van der Waals surface area contributed by atoms with Gasteiger partial charge in [-0.3, -0.25) is 0 Å². The molecule has 0 aliphatic rings. The molecule has 0 aromatic carbocycles. The zero-order chi connectivity index (χ0) is 50.5. The molecule has 0 rings (SSSR count). The van der Waals surface area contributed by atoms with Crippen LogP contribution in [0.25, 0.3) is 5.73 Å². The predicted octanol–water partition coefficient (Wildman–Crippen LogP) is -18.5. The van der Waals surface area contributed by atoms with Crippen LogP contribution in [0.2, 0.25) is 0 Å². The zero-order valence-corrected chi connectivity index (χ0v) is 39.6. The van der Waals surface area contributed by atoms with Crippen LogP contribution in [0, 0.1) is 0 Å². The molecule has 31 nitrogen and oxygen atoms in total. The average molecular weight is 1150 g/mol. The van der Waals surface area contributed by atoms with Gasteiger partial charge in [-0.2, -0.15) is 0 Å². The average Bonchev–Trinajstić information content (AvgIpc) is 2.90. The van der Waals surface area contributed by atoms with Gasteiger partial charge >= 0.3 is 68.3 Å². The van der Waals surface area contributed by atoms with Crippen molar-refractivity contribution < 1.29 is 187 Å². The number of carboxylic acids is 12. The van der Waals surface area contributed by atoms with Crippen molar-refractivity contribution >= 4 is 71.6 Å². The number of aliphatic carboxylic acids is 12. The van der Waals surface area contributed by atoms with Gasteiger partial charge < -0.3 is 159 Å². The fourth-order valence-corrected chi connectivity index (χ4v) is 6.63. The van der Waals surface area contributed by atoms with Crippen LogP contribution in [0.4, 0.5) is 0 Å². The predicted molar refractivity (Wildman–Crippen MR) is 177 cm³/mol. The minimum atomic E-state index is -2.28. The largest absolute Gasteiger partial charge is 3.00 e. The number of nitrogens with one attached hydrogen (secondary N) is 1. The van der Waals surface area contributed by atoms with Crippen LogP contribution in [0.3, 0.4) is 0 Å². The van der Waals surface area contributed by atoms with Crippen molar-refractivity contribution in [3.63, 3.8) is 0 Å². The molecule has 0 aliphatic carbocycles. The number of nitrogens with two attached hydrogens (primary N) is 5. The molecule has 0 aromatic heterocycles. The van der Waals surface area contributed by atoms with E-state index in [2.05, 4.69) is 0 Å². The molecule has 0 atom stereocenters. The third-order valence-corrected chi connectivity index (χ3v) is 8.03. The maximum Gasteiger partial charge on any atom is 3.00 e. The molecule has 0 fully saturated rings. The molecule has 0 bridgehead atoms. The van der Waals surface area contributed by atoms with Crippen LogP contribution >= 0.6 is 0 Å². The van der Waals surface area contributed by atoms with Crippen LogP contribution in [-0.2, 0) is 126 Å². The SMILES string of the molecule is NC(CC(=O)[O-])(CC(=O)[O-])CC(N)(CC(=O)[O-])CC(=O)[O-].NC(CC(=O)[O-])(CC(=O)[O-])CC(N)(CC(=O)[O-])CC(=O)[O-].[Fe+3].[Fe+3].[Fe+3].[Fe+3].[NH-]C(CC(=O)[O-])(CC(=O)[O-])CC(N)(CC(=O)[O-])CC(=O)[O-].[NH4+]. The number of rotatable bonds is 30. The fraction of sp³-hybridized carbons (Fsp3) is 0.636. The summed E-state index contributed by atoms with van der Waals surface area (Å²) in [5.41, 5.74) is 23.2. The van der Waals surface area contributed by atoms with Crippen LogP contribution in [0.1, 0.15) is 96.3 Å². The van der Waals surface area contributed by atoms with E-state index in [1.165, 1.54) is 0 Å². The summed E-state index contributed by atoms with van der Waals surface area (Å²) >= 11 is 0. The summed E-state index contributed by atoms with van der Waals surface area (Å²) in [4.78, 5) is 127. The Morgan fingerprint density at radius 3 is 0.471 bits per heavy atom. The number of quaternary nitrogens is 1. The van der Waals surface area contributed by atoms with Crippen molar-refractivity contribution in [2.75, 3.05) is 0 Å². The standard InChI is InChI=1S/2C11H18N2O8.C11H17N2O8.4Fe.H3N/c3*12-10(1-6(14)15,2-7(16)17)5-11(13,3-8(18)19)4-9(20)21;;;;;/h2*1-5,12-13H2,(H,14,15)(H,16,17)(H,18,19)(H,20,21);12H,1-5,13H2,(H,14,15)(H,16,17)(H,18,19)(H,20,21);;;;;1H3/q;;-1;4*+3;/p-11. The van der Waals surface area contributed by atoms with E-state index < -0.39 is 201 Å². The second kappa shape index (κ2) is 34.7. The molecule has 0 unspecified atom stereocenters. The summed E-state index contributed by atoms with van der Waals surface area (Å²) in [6.45, 7) is 0. The van der Waals surface area contributed by atoms with Gasteiger partial charge in [0.15, 0.2) is 0 Å². The van der Waals surface area contributed by atoms with Gasteiger partial charge in [0.2, 0.25) is 0 Å². The summed E-state index contributed by atoms with van der Waals surface area (Å²) in [6.07, 6.45) is -14.3. The molecule has 0 spiro atoms. The van der Waals surface area contributed by atoms with Gasteiger partial charge in [-0.1, -0.05) is 0 Å². The van der Waals surface area contributed by atoms with E-state index in [9.17, 15) is 119 Å². The van der Waals surface area contributed by atoms with Crippen LogP contribution in [-0.4, -0.2) is 105 Å². The van der Waals surface area contributed by atoms with E-state index >= 15 is 0 Å². The Morgan fingerprint density at radius 1 is 0.265 bits per heavy atom. The maximum atomic E-state index is 10.6. The molecular formula is C33H45Fe4N7O24. The molecule has 0 heterocycles. The number of hydrogen-bond acceptors (Lipinski definition) is 29. The van der Waals surface area contributed by atoms with Crippen molar-refractivity contribution in [1.82, 2.24) is 6.15 Å². The van der Waals surface area contributed by atoms with Crippen LogP contribution in [0.15, 0.2) is 0 Å². The normalized spacial score (nSPS) is 11.0. The van der Waals surface area contributed by atoms with Crippen molar-refractivity contribution in [2.45, 2.75) is 130 Å². The van der Waals surface area contributed by atoms with Gasteiger partial charge in [0.25, 0.3) is 0 Å². The Labute approximate surface area is 426 Å². The van der Waals surface area contributed by atoms with Crippen LogP contribution < -0.4 is 96.1 Å². The van der Waals surface area contributed by atoms with E-state index in [1.54, 1.807) is 0 Å². The summed E-state index contributed by atoms with van der Waals surface area (Å²) in [5, 5.41) is 127. The van der Waals surface area contributed by atoms with E-state index in [1.807, 2.05) is 0 Å². The third kappa shape index (κ3) is 41.6. The first-order valence-electron chi connectivity index (χ1n) is 17.2. The molecule has 68 heavy (non-hydrogen) atoms. The van der Waals surface area contributed by atoms with E-state index in [0.29, 0.717) is 0 Å². The van der Waals surface area contributed by atoms with Crippen molar-refractivity contribution in [3.8, 4) is 0 Å². The number of carbonyl (C=O) groups is 12. The summed E-state index contributed by atoms with van der Waals surface area (Å²) < 4.78 is 0. The Morgan fingerprint density at radius 2 is 0.368 bits per heavy atom. The van der Waals surface area contributed by atoms with E-state index in [-0.39, 0.29) is 74.4 Å². The van der Waals surface area contributed by atoms with Crippen molar-refractivity contribution in [1.29, 1.82) is 0 Å². The Bertz CT molecular complexity index is 1350. The van der Waals surface area contributed by atoms with Crippen LogP contribution in [0.5, 0.6) is 0 Å². The van der Waals surface area contributed by atoms with Crippen molar-refractivity contribution in [2.24, 2.45) is 28.7 Å². The van der Waals surface area contributed by atoms with Gasteiger partial charge in [0.1, 0.15) is 0 Å². The van der Waals surface area contributed by atoms with E-state index in [0.717, 1.165) is 0 Å². The Kier molecular flexibility index (Phi) is 41.0. The second-order valence-electron chi connectivity index (χ2n) is 15.2. The monoisotopic (exact) mass is 1150 g/mol. The molecule has 35 heteroatoms. The summed E-state index contributed by atoms with van der Waals surface area (Å²) in [6, 6.07) is 0. The molecule has 0 saturated heterocycles. The fourth-order valence-electron chi connectivity index (χ4n) is 6.63. The molecule has 0 amide bonds. The second-order valence-corrected chi connectivity index (χ2v) is 15.2. The summed E-state index contributed by atoms with van der Waals surface area (Å²) in [7, 11) is 0.